The zero-order valence-corrected chi connectivity index (χ0v) is 10.6. The molecule has 0 bridgehead atoms. The molecule has 0 aliphatic carbocycles. The topological polar surface area (TPSA) is 67.1 Å². The van der Waals surface area contributed by atoms with Gasteiger partial charge in [0.2, 0.25) is 5.95 Å². The molecule has 5 nitrogen and oxygen atoms in total. The van der Waals surface area contributed by atoms with Crippen molar-refractivity contribution in [2.45, 2.75) is 19.8 Å². The fraction of sp³-hybridized carbons (Fsp3) is 0.556. The van der Waals surface area contributed by atoms with Gasteiger partial charge in [0.15, 0.2) is 0 Å². The molecule has 0 spiro atoms. The molecule has 0 saturated carbocycles. The van der Waals surface area contributed by atoms with Crippen molar-refractivity contribution >= 4 is 27.7 Å². The third-order valence-corrected chi connectivity index (χ3v) is 2.62. The molecular formula is C9H16BrN5. The van der Waals surface area contributed by atoms with Gasteiger partial charge in [-0.05, 0) is 22.4 Å². The van der Waals surface area contributed by atoms with E-state index in [-0.39, 0.29) is 0 Å². The number of nitrogen functional groups attached to an aromatic ring is 1. The van der Waals surface area contributed by atoms with Crippen LogP contribution in [-0.4, -0.2) is 23.6 Å². The van der Waals surface area contributed by atoms with Crippen molar-refractivity contribution in [3.8, 4) is 0 Å². The molecule has 0 unspecified atom stereocenters. The molecule has 1 aromatic heterocycles. The molecule has 84 valence electrons. The molecule has 0 atom stereocenters. The number of hydrogen-bond donors (Lipinski definition) is 2. The lowest BCUT2D eigenvalue weighted by Crippen LogP contribution is -2.21. The first kappa shape index (κ1) is 12.2. The summed E-state index contributed by atoms with van der Waals surface area (Å²) in [6.07, 6.45) is 3.99. The van der Waals surface area contributed by atoms with Crippen LogP contribution in [0.4, 0.5) is 11.8 Å². The molecular weight excluding hydrogens is 258 g/mol. The van der Waals surface area contributed by atoms with Gasteiger partial charge in [0.05, 0.1) is 4.47 Å². The van der Waals surface area contributed by atoms with Crippen molar-refractivity contribution in [1.29, 1.82) is 0 Å². The number of nitrogens with one attached hydrogen (secondary N) is 1. The number of anilines is 2. The Morgan fingerprint density at radius 2 is 2.33 bits per heavy atom. The molecule has 3 N–H and O–H groups in total. The highest BCUT2D eigenvalue weighted by Gasteiger charge is 2.08. The van der Waals surface area contributed by atoms with Gasteiger partial charge < -0.3 is 4.90 Å². The minimum absolute atomic E-state index is 0.427. The summed E-state index contributed by atoms with van der Waals surface area (Å²) >= 11 is 3.42. The van der Waals surface area contributed by atoms with Crippen LogP contribution in [0.5, 0.6) is 0 Å². The molecule has 0 aliphatic heterocycles. The van der Waals surface area contributed by atoms with Crippen LogP contribution in [0.15, 0.2) is 10.7 Å². The number of hydrazine groups is 1. The predicted molar refractivity (Wildman–Crippen MR) is 65.7 cm³/mol. The molecule has 0 fully saturated rings. The summed E-state index contributed by atoms with van der Waals surface area (Å²) in [5.74, 6) is 6.54. The van der Waals surface area contributed by atoms with E-state index in [1.54, 1.807) is 6.20 Å². The third kappa shape index (κ3) is 3.32. The van der Waals surface area contributed by atoms with Crippen LogP contribution in [-0.2, 0) is 0 Å². The normalized spacial score (nSPS) is 10.1. The average Bonchev–Trinajstić information content (AvgIpc) is 2.26. The van der Waals surface area contributed by atoms with Crippen molar-refractivity contribution in [2.75, 3.05) is 23.9 Å². The lowest BCUT2D eigenvalue weighted by atomic mass is 10.3. The Bertz CT molecular complexity index is 317. The Kier molecular flexibility index (Phi) is 4.77. The number of hydrogen-bond acceptors (Lipinski definition) is 5. The van der Waals surface area contributed by atoms with Gasteiger partial charge in [-0.15, -0.1) is 0 Å². The Morgan fingerprint density at radius 3 is 2.93 bits per heavy atom. The van der Waals surface area contributed by atoms with E-state index in [0.29, 0.717) is 5.95 Å². The monoisotopic (exact) mass is 273 g/mol. The van der Waals surface area contributed by atoms with Gasteiger partial charge in [-0.1, -0.05) is 13.3 Å². The molecule has 1 heterocycles. The maximum Gasteiger partial charge on any atom is 0.239 e. The van der Waals surface area contributed by atoms with Crippen LogP contribution in [0, 0.1) is 0 Å². The standard InChI is InChI=1S/C9H16BrN5/c1-3-4-5-15(2)8-7(10)6-12-9(13-8)14-11/h6H,3-5,11H2,1-2H3,(H,12,13,14). The van der Waals surface area contributed by atoms with Crippen molar-refractivity contribution in [3.63, 3.8) is 0 Å². The number of nitrogens with two attached hydrogens (primary N) is 1. The summed E-state index contributed by atoms with van der Waals surface area (Å²) < 4.78 is 0.875. The minimum Gasteiger partial charge on any atom is -0.359 e. The fourth-order valence-electron chi connectivity index (χ4n) is 1.20. The van der Waals surface area contributed by atoms with E-state index in [0.717, 1.165) is 29.7 Å². The van der Waals surface area contributed by atoms with Gasteiger partial charge in [0, 0.05) is 19.8 Å². The highest BCUT2D eigenvalue weighted by molar-refractivity contribution is 9.10. The maximum atomic E-state index is 5.26. The Hall–Kier alpha value is -0.880. The summed E-state index contributed by atoms with van der Waals surface area (Å²) in [7, 11) is 2.00. The molecule has 1 aromatic rings. The lowest BCUT2D eigenvalue weighted by molar-refractivity contribution is 0.757. The van der Waals surface area contributed by atoms with Crippen LogP contribution in [0.2, 0.25) is 0 Å². The largest absolute Gasteiger partial charge is 0.359 e. The van der Waals surface area contributed by atoms with Gasteiger partial charge in [0.1, 0.15) is 5.82 Å². The maximum absolute atomic E-state index is 5.26. The van der Waals surface area contributed by atoms with Gasteiger partial charge in [0.25, 0.3) is 0 Å². The Labute approximate surface area is 98.2 Å². The van der Waals surface area contributed by atoms with Crippen LogP contribution >= 0.6 is 15.9 Å². The summed E-state index contributed by atoms with van der Waals surface area (Å²) in [5, 5.41) is 0. The summed E-state index contributed by atoms with van der Waals surface area (Å²) in [5.41, 5.74) is 2.44. The van der Waals surface area contributed by atoms with Crippen LogP contribution in [0.3, 0.4) is 0 Å². The second-order valence-corrected chi connectivity index (χ2v) is 4.14. The molecule has 0 radical (unpaired) electrons. The molecule has 1 rings (SSSR count). The summed E-state index contributed by atoms with van der Waals surface area (Å²) in [6.45, 7) is 3.13. The van der Waals surface area contributed by atoms with Crippen LogP contribution in [0.1, 0.15) is 19.8 Å². The highest BCUT2D eigenvalue weighted by atomic mass is 79.9. The van der Waals surface area contributed by atoms with Gasteiger partial charge >= 0.3 is 0 Å². The lowest BCUT2D eigenvalue weighted by Gasteiger charge is -2.19. The summed E-state index contributed by atoms with van der Waals surface area (Å²) in [4.78, 5) is 10.4. The van der Waals surface area contributed by atoms with E-state index in [1.165, 1.54) is 0 Å². The van der Waals surface area contributed by atoms with Gasteiger partial charge in [-0.2, -0.15) is 4.98 Å². The first-order valence-electron chi connectivity index (χ1n) is 4.89. The van der Waals surface area contributed by atoms with Crippen molar-refractivity contribution in [2.24, 2.45) is 5.84 Å². The SMILES string of the molecule is CCCCN(C)c1nc(NN)ncc1Br. The van der Waals surface area contributed by atoms with E-state index < -0.39 is 0 Å². The minimum atomic E-state index is 0.427. The van der Waals surface area contributed by atoms with Crippen molar-refractivity contribution in [3.05, 3.63) is 10.7 Å². The van der Waals surface area contributed by atoms with Crippen molar-refractivity contribution < 1.29 is 0 Å². The first-order valence-corrected chi connectivity index (χ1v) is 5.68. The first-order chi connectivity index (χ1) is 7.19. The molecule has 0 aromatic carbocycles. The molecule has 15 heavy (non-hydrogen) atoms. The van der Waals surface area contributed by atoms with Crippen LogP contribution < -0.4 is 16.2 Å². The van der Waals surface area contributed by atoms with E-state index in [2.05, 4.69) is 43.1 Å². The zero-order valence-electron chi connectivity index (χ0n) is 9.00. The molecule has 6 heteroatoms. The molecule has 0 aliphatic rings. The molecule has 0 amide bonds. The van der Waals surface area contributed by atoms with Gasteiger partial charge in [-0.3, -0.25) is 5.43 Å². The summed E-state index contributed by atoms with van der Waals surface area (Å²) in [6, 6.07) is 0. The van der Waals surface area contributed by atoms with Crippen molar-refractivity contribution in [1.82, 2.24) is 9.97 Å². The van der Waals surface area contributed by atoms with E-state index >= 15 is 0 Å². The highest BCUT2D eigenvalue weighted by Crippen LogP contribution is 2.23. The number of halogens is 1. The van der Waals surface area contributed by atoms with E-state index in [4.69, 9.17) is 5.84 Å². The third-order valence-electron chi connectivity index (χ3n) is 2.06. The Morgan fingerprint density at radius 1 is 1.60 bits per heavy atom. The number of rotatable bonds is 5. The second-order valence-electron chi connectivity index (χ2n) is 3.28. The van der Waals surface area contributed by atoms with Gasteiger partial charge in [-0.25, -0.2) is 10.8 Å². The fourth-order valence-corrected chi connectivity index (χ4v) is 1.69. The number of unbranched alkanes of at least 4 members (excludes halogenated alkanes) is 1. The second kappa shape index (κ2) is 5.87. The number of nitrogens with zero attached hydrogens (tertiary/aromatic N) is 3. The smallest absolute Gasteiger partial charge is 0.239 e. The Balaban J connectivity index is 2.81. The quantitative estimate of drug-likeness (QED) is 0.632. The van der Waals surface area contributed by atoms with E-state index in [9.17, 15) is 0 Å². The average molecular weight is 274 g/mol. The van der Waals surface area contributed by atoms with Crippen LogP contribution in [0.25, 0.3) is 0 Å². The molecule has 0 saturated heterocycles. The predicted octanol–water partition coefficient (Wildman–Crippen LogP) is 1.76. The zero-order chi connectivity index (χ0) is 11.3. The van der Waals surface area contributed by atoms with E-state index in [1.807, 2.05) is 7.05 Å². The number of aromatic nitrogens is 2.